The number of benzene rings is 1. The highest BCUT2D eigenvalue weighted by Gasteiger charge is 2.12. The van der Waals surface area contributed by atoms with Crippen LogP contribution in [0.3, 0.4) is 0 Å². The number of aromatic nitrogens is 3. The van der Waals surface area contributed by atoms with Gasteiger partial charge in [-0.3, -0.25) is 0 Å². The molecule has 0 spiro atoms. The number of carbonyl (C=O) groups excluding carboxylic acids is 1. The van der Waals surface area contributed by atoms with Crippen LogP contribution in [0.2, 0.25) is 0 Å². The van der Waals surface area contributed by atoms with Crippen molar-refractivity contribution in [1.29, 1.82) is 0 Å². The number of ether oxygens (including phenoxy) is 2. The van der Waals surface area contributed by atoms with Crippen molar-refractivity contribution in [1.82, 2.24) is 14.8 Å². The molecule has 0 N–H and O–H groups in total. The van der Waals surface area contributed by atoms with Crippen LogP contribution < -0.4 is 4.74 Å². The van der Waals surface area contributed by atoms with Crippen LogP contribution in [0.4, 0.5) is 4.39 Å². The predicted molar refractivity (Wildman–Crippen MR) is 63.9 cm³/mol. The van der Waals surface area contributed by atoms with Crippen molar-refractivity contribution in [2.24, 2.45) is 7.05 Å². The first-order chi connectivity index (χ1) is 9.10. The van der Waals surface area contributed by atoms with Crippen LogP contribution in [0.5, 0.6) is 6.01 Å². The summed E-state index contributed by atoms with van der Waals surface area (Å²) >= 11 is 0. The van der Waals surface area contributed by atoms with Crippen molar-refractivity contribution in [2.75, 3.05) is 13.7 Å². The minimum absolute atomic E-state index is 0.0622. The van der Waals surface area contributed by atoms with E-state index in [2.05, 4.69) is 14.8 Å². The molecule has 0 saturated carbocycles. The van der Waals surface area contributed by atoms with Gasteiger partial charge in [-0.05, 0) is 24.3 Å². The maximum absolute atomic E-state index is 12.8. The Morgan fingerprint density at radius 3 is 2.68 bits per heavy atom. The Bertz CT molecular complexity index is 580. The van der Waals surface area contributed by atoms with E-state index in [-0.39, 0.29) is 18.4 Å². The summed E-state index contributed by atoms with van der Waals surface area (Å²) in [5.74, 6) is -0.330. The molecule has 2 aromatic rings. The molecule has 6 nitrogen and oxygen atoms in total. The van der Waals surface area contributed by atoms with Crippen molar-refractivity contribution in [3.8, 4) is 17.4 Å². The van der Waals surface area contributed by atoms with Gasteiger partial charge in [-0.2, -0.15) is 4.98 Å². The second-order valence-electron chi connectivity index (χ2n) is 3.71. The Labute approximate surface area is 108 Å². The third kappa shape index (κ3) is 3.06. The monoisotopic (exact) mass is 265 g/mol. The maximum Gasteiger partial charge on any atom is 0.344 e. The average molecular weight is 265 g/mol. The van der Waals surface area contributed by atoms with E-state index in [9.17, 15) is 9.18 Å². The molecule has 1 heterocycles. The molecule has 0 radical (unpaired) electrons. The van der Waals surface area contributed by atoms with Gasteiger partial charge in [0.1, 0.15) is 5.82 Å². The number of aryl methyl sites for hydroxylation is 1. The molecule has 1 aromatic carbocycles. The number of hydrogen-bond donors (Lipinski definition) is 0. The van der Waals surface area contributed by atoms with Crippen LogP contribution in [0.1, 0.15) is 0 Å². The highest BCUT2D eigenvalue weighted by atomic mass is 19.1. The number of halogens is 1. The smallest absolute Gasteiger partial charge is 0.344 e. The van der Waals surface area contributed by atoms with Gasteiger partial charge in [-0.25, -0.2) is 13.9 Å². The Morgan fingerprint density at radius 1 is 1.37 bits per heavy atom. The number of nitrogens with zero attached hydrogens (tertiary/aromatic N) is 3. The fraction of sp³-hybridized carbons (Fsp3) is 0.250. The molecule has 1 aromatic heterocycles. The van der Waals surface area contributed by atoms with Crippen molar-refractivity contribution < 1.29 is 18.7 Å². The molecule has 0 aliphatic rings. The topological polar surface area (TPSA) is 66.2 Å². The van der Waals surface area contributed by atoms with E-state index in [1.165, 1.54) is 23.9 Å². The molecular weight excluding hydrogens is 253 g/mol. The van der Waals surface area contributed by atoms with Gasteiger partial charge >= 0.3 is 12.0 Å². The van der Waals surface area contributed by atoms with Gasteiger partial charge in [0.05, 0.1) is 7.11 Å². The Hall–Kier alpha value is -2.44. The second-order valence-corrected chi connectivity index (χ2v) is 3.71. The summed E-state index contributed by atoms with van der Waals surface area (Å²) in [6.07, 6.45) is 0. The van der Waals surface area contributed by atoms with Crippen LogP contribution in [0, 0.1) is 5.82 Å². The van der Waals surface area contributed by atoms with Crippen LogP contribution in [-0.4, -0.2) is 34.5 Å². The molecule has 0 fully saturated rings. The van der Waals surface area contributed by atoms with Crippen molar-refractivity contribution in [3.05, 3.63) is 30.1 Å². The van der Waals surface area contributed by atoms with Gasteiger partial charge in [0.2, 0.25) is 0 Å². The second kappa shape index (κ2) is 5.47. The van der Waals surface area contributed by atoms with Crippen molar-refractivity contribution in [2.45, 2.75) is 0 Å². The number of carbonyl (C=O) groups is 1. The highest BCUT2D eigenvalue weighted by Crippen LogP contribution is 2.19. The quantitative estimate of drug-likeness (QED) is 0.776. The third-order valence-corrected chi connectivity index (χ3v) is 2.39. The van der Waals surface area contributed by atoms with Crippen LogP contribution in [0.15, 0.2) is 24.3 Å². The summed E-state index contributed by atoms with van der Waals surface area (Å²) < 4.78 is 23.8. The first-order valence-corrected chi connectivity index (χ1v) is 5.46. The predicted octanol–water partition coefficient (Wildman–Crippen LogP) is 1.17. The van der Waals surface area contributed by atoms with E-state index in [0.29, 0.717) is 11.4 Å². The lowest BCUT2D eigenvalue weighted by molar-refractivity contribution is -0.143. The van der Waals surface area contributed by atoms with E-state index < -0.39 is 5.97 Å². The lowest BCUT2D eigenvalue weighted by Crippen LogP contribution is -2.13. The van der Waals surface area contributed by atoms with Gasteiger partial charge in [0.15, 0.2) is 12.4 Å². The standard InChI is InChI=1S/C12H12FN3O3/c1-16-11(8-3-5-9(13)6-4-8)14-12(15-16)19-7-10(17)18-2/h3-6H,7H2,1-2H3. The van der Waals surface area contributed by atoms with Crippen molar-refractivity contribution in [3.63, 3.8) is 0 Å². The summed E-state index contributed by atoms with van der Waals surface area (Å²) in [6.45, 7) is -0.261. The summed E-state index contributed by atoms with van der Waals surface area (Å²) in [4.78, 5) is 15.0. The number of methoxy groups -OCH3 is 1. The van der Waals surface area contributed by atoms with Gasteiger partial charge in [-0.1, -0.05) is 0 Å². The fourth-order valence-electron chi connectivity index (χ4n) is 1.45. The molecular formula is C12H12FN3O3. The van der Waals surface area contributed by atoms with E-state index in [4.69, 9.17) is 4.74 Å². The zero-order chi connectivity index (χ0) is 13.8. The SMILES string of the molecule is COC(=O)COc1nc(-c2ccc(F)cc2)n(C)n1. The molecule has 0 amide bonds. The lowest BCUT2D eigenvalue weighted by Gasteiger charge is -1.98. The first kappa shape index (κ1) is 13.0. The number of hydrogen-bond acceptors (Lipinski definition) is 5. The van der Waals surface area contributed by atoms with E-state index in [1.807, 2.05) is 0 Å². The summed E-state index contributed by atoms with van der Waals surface area (Å²) in [5.41, 5.74) is 0.698. The fourth-order valence-corrected chi connectivity index (χ4v) is 1.45. The molecule has 0 atom stereocenters. The molecule has 0 unspecified atom stereocenters. The largest absolute Gasteiger partial charge is 0.466 e. The van der Waals surface area contributed by atoms with Crippen LogP contribution in [0.25, 0.3) is 11.4 Å². The molecule has 0 saturated heterocycles. The molecule has 2 rings (SSSR count). The molecule has 0 aliphatic heterocycles. The number of rotatable bonds is 4. The maximum atomic E-state index is 12.8. The first-order valence-electron chi connectivity index (χ1n) is 5.46. The minimum Gasteiger partial charge on any atom is -0.466 e. The van der Waals surface area contributed by atoms with E-state index in [0.717, 1.165) is 0 Å². The molecule has 7 heteroatoms. The summed E-state index contributed by atoms with van der Waals surface area (Å²) in [7, 11) is 2.94. The Morgan fingerprint density at radius 2 is 2.05 bits per heavy atom. The summed E-state index contributed by atoms with van der Waals surface area (Å²) in [6, 6.07) is 5.90. The molecule has 0 aliphatic carbocycles. The third-order valence-electron chi connectivity index (χ3n) is 2.39. The van der Waals surface area contributed by atoms with Crippen molar-refractivity contribution >= 4 is 5.97 Å². The van der Waals surface area contributed by atoms with Gasteiger partial charge in [0, 0.05) is 12.6 Å². The van der Waals surface area contributed by atoms with E-state index >= 15 is 0 Å². The average Bonchev–Trinajstić information content (AvgIpc) is 2.78. The molecule has 100 valence electrons. The number of esters is 1. The van der Waals surface area contributed by atoms with Gasteiger partial charge in [-0.15, -0.1) is 5.10 Å². The van der Waals surface area contributed by atoms with Gasteiger partial charge in [0.25, 0.3) is 0 Å². The zero-order valence-corrected chi connectivity index (χ0v) is 10.5. The van der Waals surface area contributed by atoms with Gasteiger partial charge < -0.3 is 9.47 Å². The lowest BCUT2D eigenvalue weighted by atomic mass is 10.2. The summed E-state index contributed by atoms with van der Waals surface area (Å²) in [5, 5.41) is 4.00. The molecule has 0 bridgehead atoms. The Balaban J connectivity index is 2.16. The zero-order valence-electron chi connectivity index (χ0n) is 10.5. The van der Waals surface area contributed by atoms with Crippen LogP contribution >= 0.6 is 0 Å². The minimum atomic E-state index is -0.518. The normalized spacial score (nSPS) is 10.3. The van der Waals surface area contributed by atoms with Crippen LogP contribution in [-0.2, 0) is 16.6 Å². The van der Waals surface area contributed by atoms with E-state index in [1.54, 1.807) is 19.2 Å². The molecule has 19 heavy (non-hydrogen) atoms. The highest BCUT2D eigenvalue weighted by molar-refractivity contribution is 5.70. The Kier molecular flexibility index (Phi) is 3.74.